The normalized spacial score (nSPS) is 15.6. The molecule has 138 valence electrons. The zero-order valence-electron chi connectivity index (χ0n) is 14.5. The van der Waals surface area contributed by atoms with Crippen LogP contribution in [0.1, 0.15) is 5.56 Å². The Labute approximate surface area is 178 Å². The molecule has 0 bridgehead atoms. The van der Waals surface area contributed by atoms with Crippen LogP contribution in [0.15, 0.2) is 84.6 Å². The fraction of sp³-hybridized carbons (Fsp3) is 0. The molecule has 1 fully saturated rings. The van der Waals surface area contributed by atoms with Gasteiger partial charge in [-0.25, -0.2) is 4.79 Å². The second kappa shape index (κ2) is 7.76. The third kappa shape index (κ3) is 3.54. The summed E-state index contributed by atoms with van der Waals surface area (Å²) in [5.74, 6) is 0. The molecule has 0 spiro atoms. The molecule has 0 saturated carbocycles. The molecule has 1 heterocycles. The van der Waals surface area contributed by atoms with Crippen molar-refractivity contribution in [1.82, 2.24) is 0 Å². The average molecular weight is 425 g/mol. The lowest BCUT2D eigenvalue weighted by molar-refractivity contribution is 0.257. The first kappa shape index (κ1) is 18.7. The van der Waals surface area contributed by atoms with Crippen molar-refractivity contribution in [2.24, 2.45) is 0 Å². The van der Waals surface area contributed by atoms with Crippen LogP contribution in [0.2, 0.25) is 10.0 Å². The molecule has 3 nitrogen and oxygen atoms in total. The molecule has 4 rings (SSSR count). The van der Waals surface area contributed by atoms with Crippen molar-refractivity contribution in [3.8, 4) is 0 Å². The van der Waals surface area contributed by atoms with Gasteiger partial charge in [-0.1, -0.05) is 65.8 Å². The molecule has 28 heavy (non-hydrogen) atoms. The highest BCUT2D eigenvalue weighted by Gasteiger charge is 2.39. The molecular formula is C22H14Cl2N2OS. The number of hydrogen-bond acceptors (Lipinski definition) is 2. The predicted octanol–water partition coefficient (Wildman–Crippen LogP) is 6.81. The Morgan fingerprint density at radius 3 is 1.86 bits per heavy atom. The lowest BCUT2D eigenvalue weighted by Crippen LogP contribution is -2.32. The van der Waals surface area contributed by atoms with E-state index in [1.807, 2.05) is 48.5 Å². The summed E-state index contributed by atoms with van der Waals surface area (Å²) in [4.78, 5) is 16.9. The maximum atomic E-state index is 13.3. The van der Waals surface area contributed by atoms with E-state index in [1.54, 1.807) is 41.3 Å². The summed E-state index contributed by atoms with van der Waals surface area (Å²) in [5, 5.41) is 1.24. The Morgan fingerprint density at radius 1 is 0.714 bits per heavy atom. The monoisotopic (exact) mass is 424 g/mol. The molecule has 1 saturated heterocycles. The van der Waals surface area contributed by atoms with Crippen LogP contribution in [0.4, 0.5) is 16.2 Å². The molecule has 3 aromatic rings. The van der Waals surface area contributed by atoms with Crippen LogP contribution in [-0.4, -0.2) is 11.0 Å². The van der Waals surface area contributed by atoms with E-state index in [0.717, 1.165) is 11.3 Å². The molecule has 0 radical (unpaired) electrons. The lowest BCUT2D eigenvalue weighted by atomic mass is 10.1. The number of benzene rings is 3. The van der Waals surface area contributed by atoms with Crippen molar-refractivity contribution in [3.05, 3.63) is 100 Å². The number of thiocarbonyl (C=S) groups is 1. The Kier molecular flexibility index (Phi) is 5.18. The van der Waals surface area contributed by atoms with Crippen LogP contribution in [-0.2, 0) is 0 Å². The maximum absolute atomic E-state index is 13.3. The van der Waals surface area contributed by atoms with Gasteiger partial charge in [-0.3, -0.25) is 9.80 Å². The Balaban J connectivity index is 1.84. The molecule has 0 unspecified atom stereocenters. The van der Waals surface area contributed by atoms with Crippen molar-refractivity contribution in [3.63, 3.8) is 0 Å². The molecule has 0 aliphatic carbocycles. The zero-order chi connectivity index (χ0) is 19.7. The zero-order valence-corrected chi connectivity index (χ0v) is 16.9. The summed E-state index contributed by atoms with van der Waals surface area (Å²) in [6.07, 6.45) is 1.88. The Morgan fingerprint density at radius 2 is 1.25 bits per heavy atom. The van der Waals surface area contributed by atoms with Gasteiger partial charge in [-0.15, -0.1) is 0 Å². The number of urea groups is 1. The summed E-state index contributed by atoms with van der Waals surface area (Å²) in [6.45, 7) is 0. The van der Waals surface area contributed by atoms with Crippen molar-refractivity contribution in [2.45, 2.75) is 0 Å². The first-order valence-electron chi connectivity index (χ1n) is 8.51. The van der Waals surface area contributed by atoms with Gasteiger partial charge in [0.05, 0.1) is 17.1 Å². The number of amides is 2. The third-order valence-electron chi connectivity index (χ3n) is 4.32. The molecular weight excluding hydrogens is 411 g/mol. The number of hydrogen-bond donors (Lipinski definition) is 0. The van der Waals surface area contributed by atoms with Gasteiger partial charge >= 0.3 is 6.03 Å². The largest absolute Gasteiger partial charge is 0.339 e. The summed E-state index contributed by atoms with van der Waals surface area (Å²) >= 11 is 17.7. The van der Waals surface area contributed by atoms with Crippen molar-refractivity contribution in [2.75, 3.05) is 9.80 Å². The number of nitrogens with zero attached hydrogens (tertiary/aromatic N) is 2. The number of para-hydroxylation sites is 1. The van der Waals surface area contributed by atoms with E-state index >= 15 is 0 Å². The number of carbonyl (C=O) groups excluding carboxylic acids is 1. The first-order valence-corrected chi connectivity index (χ1v) is 9.67. The summed E-state index contributed by atoms with van der Waals surface area (Å²) in [7, 11) is 0. The van der Waals surface area contributed by atoms with Gasteiger partial charge in [0, 0.05) is 10.0 Å². The molecule has 2 amide bonds. The van der Waals surface area contributed by atoms with E-state index in [1.165, 1.54) is 4.90 Å². The van der Waals surface area contributed by atoms with Crippen LogP contribution in [0, 0.1) is 0 Å². The van der Waals surface area contributed by atoms with Gasteiger partial charge in [-0.05, 0) is 60.2 Å². The van der Waals surface area contributed by atoms with Gasteiger partial charge in [-0.2, -0.15) is 0 Å². The van der Waals surface area contributed by atoms with Crippen LogP contribution in [0.5, 0.6) is 0 Å². The third-order valence-corrected chi connectivity index (χ3v) is 5.21. The van der Waals surface area contributed by atoms with E-state index in [-0.39, 0.29) is 6.03 Å². The number of carbonyl (C=O) groups is 1. The Hall–Kier alpha value is -2.66. The van der Waals surface area contributed by atoms with E-state index in [0.29, 0.717) is 26.4 Å². The van der Waals surface area contributed by atoms with Crippen molar-refractivity contribution >= 4 is 63.9 Å². The minimum absolute atomic E-state index is 0.237. The van der Waals surface area contributed by atoms with Crippen LogP contribution < -0.4 is 9.80 Å². The SMILES string of the molecule is O=C1N(c2ccccc2)C(=S)/C(=C/c2ccc(Cl)cc2)N1c1ccc(Cl)cc1. The molecule has 0 atom stereocenters. The highest BCUT2D eigenvalue weighted by atomic mass is 35.5. The summed E-state index contributed by atoms with van der Waals surface area (Å²) in [5.41, 5.74) is 2.92. The molecule has 1 aliphatic heterocycles. The quantitative estimate of drug-likeness (QED) is 0.340. The highest BCUT2D eigenvalue weighted by molar-refractivity contribution is 7.81. The van der Waals surface area contributed by atoms with E-state index in [4.69, 9.17) is 35.4 Å². The van der Waals surface area contributed by atoms with Crippen molar-refractivity contribution < 1.29 is 4.79 Å². The highest BCUT2D eigenvalue weighted by Crippen LogP contribution is 2.34. The summed E-state index contributed by atoms with van der Waals surface area (Å²) in [6, 6.07) is 23.6. The minimum Gasteiger partial charge on any atom is -0.259 e. The van der Waals surface area contributed by atoms with Gasteiger partial charge < -0.3 is 0 Å². The topological polar surface area (TPSA) is 23.6 Å². The summed E-state index contributed by atoms with van der Waals surface area (Å²) < 4.78 is 0. The molecule has 1 aliphatic rings. The van der Waals surface area contributed by atoms with E-state index in [2.05, 4.69) is 0 Å². The van der Waals surface area contributed by atoms with Crippen LogP contribution in [0.3, 0.4) is 0 Å². The standard InChI is InChI=1S/C22H14Cl2N2OS/c23-16-8-6-15(7-9-16)14-20-21(28)26(18-4-2-1-3-5-18)22(27)25(20)19-12-10-17(24)11-13-19/h1-14H/b20-14-. The second-order valence-electron chi connectivity index (χ2n) is 6.15. The van der Waals surface area contributed by atoms with Crippen molar-refractivity contribution in [1.29, 1.82) is 0 Å². The second-order valence-corrected chi connectivity index (χ2v) is 7.41. The average Bonchev–Trinajstić information content (AvgIpc) is 2.95. The minimum atomic E-state index is -0.237. The molecule has 0 aromatic heterocycles. The number of anilines is 2. The molecule has 6 heteroatoms. The Bertz CT molecular complexity index is 1060. The smallest absolute Gasteiger partial charge is 0.259 e. The van der Waals surface area contributed by atoms with Crippen LogP contribution in [0.25, 0.3) is 6.08 Å². The predicted molar refractivity (Wildman–Crippen MR) is 120 cm³/mol. The van der Waals surface area contributed by atoms with E-state index in [9.17, 15) is 4.79 Å². The molecule has 3 aromatic carbocycles. The van der Waals surface area contributed by atoms with Gasteiger partial charge in [0.2, 0.25) is 0 Å². The van der Waals surface area contributed by atoms with E-state index < -0.39 is 0 Å². The fourth-order valence-corrected chi connectivity index (χ4v) is 3.57. The fourth-order valence-electron chi connectivity index (χ4n) is 2.99. The van der Waals surface area contributed by atoms with Gasteiger partial charge in [0.1, 0.15) is 4.99 Å². The van der Waals surface area contributed by atoms with Gasteiger partial charge in [0.15, 0.2) is 0 Å². The molecule has 0 N–H and O–H groups in total. The maximum Gasteiger partial charge on any atom is 0.339 e. The van der Waals surface area contributed by atoms with Gasteiger partial charge in [0.25, 0.3) is 0 Å². The first-order chi connectivity index (χ1) is 13.5. The lowest BCUT2D eigenvalue weighted by Gasteiger charge is -2.18. The number of halogens is 2. The number of rotatable bonds is 3. The van der Waals surface area contributed by atoms with Crippen LogP contribution >= 0.6 is 35.4 Å².